The Morgan fingerprint density at radius 3 is 2.55 bits per heavy atom. The van der Waals surface area contributed by atoms with E-state index in [1.807, 2.05) is 31.2 Å². The number of ketones is 2. The quantitative estimate of drug-likeness (QED) is 0.661. The Bertz CT molecular complexity index is 956. The molecule has 178 valence electrons. The summed E-state index contributed by atoms with van der Waals surface area (Å²) in [5, 5.41) is 2.90. The third-order valence-electron chi connectivity index (χ3n) is 8.15. The van der Waals surface area contributed by atoms with E-state index < -0.39 is 16.9 Å². The Morgan fingerprint density at radius 1 is 1.12 bits per heavy atom. The van der Waals surface area contributed by atoms with E-state index in [1.54, 1.807) is 14.0 Å². The van der Waals surface area contributed by atoms with Crippen LogP contribution in [0.5, 0.6) is 5.75 Å². The Balaban J connectivity index is 1.45. The Labute approximate surface area is 194 Å². The van der Waals surface area contributed by atoms with Crippen molar-refractivity contribution in [2.75, 3.05) is 7.11 Å². The fourth-order valence-electron chi connectivity index (χ4n) is 6.38. The first kappa shape index (κ1) is 23.5. The number of cyclic esters (lactones) is 1. The summed E-state index contributed by atoms with van der Waals surface area (Å²) in [6.45, 7) is 4.09. The predicted molar refractivity (Wildman–Crippen MR) is 120 cm³/mol. The van der Waals surface area contributed by atoms with E-state index in [0.717, 1.165) is 17.7 Å². The molecule has 1 heterocycles. The molecule has 1 saturated heterocycles. The molecule has 5 atom stereocenters. The fourth-order valence-corrected chi connectivity index (χ4v) is 6.38. The van der Waals surface area contributed by atoms with Crippen molar-refractivity contribution >= 4 is 23.4 Å². The normalized spacial score (nSPS) is 33.5. The summed E-state index contributed by atoms with van der Waals surface area (Å²) in [5.41, 5.74) is -0.717. The first-order valence-corrected chi connectivity index (χ1v) is 11.8. The highest BCUT2D eigenvalue weighted by atomic mass is 16.6. The van der Waals surface area contributed by atoms with Gasteiger partial charge in [-0.1, -0.05) is 19.1 Å². The number of ether oxygens (including phenoxy) is 2. The molecule has 0 bridgehead atoms. The zero-order valence-corrected chi connectivity index (χ0v) is 19.6. The number of carbonyl (C=O) groups excluding carboxylic acids is 4. The van der Waals surface area contributed by atoms with Gasteiger partial charge in [-0.3, -0.25) is 19.2 Å². The topological polar surface area (TPSA) is 98.8 Å². The molecule has 1 aliphatic heterocycles. The number of hydrogen-bond donors (Lipinski definition) is 1. The number of fused-ring (bicyclic) bond motifs is 3. The molecule has 4 rings (SSSR count). The molecule has 1 amide bonds. The van der Waals surface area contributed by atoms with Crippen LogP contribution in [0.2, 0.25) is 0 Å². The minimum absolute atomic E-state index is 0.00941. The molecule has 2 saturated carbocycles. The molecule has 7 heteroatoms. The van der Waals surface area contributed by atoms with Crippen molar-refractivity contribution in [2.45, 2.75) is 70.9 Å². The number of rotatable bonds is 6. The molecular formula is C26H33NO6. The molecular weight excluding hydrogens is 422 g/mol. The number of methoxy groups -OCH3 is 1. The van der Waals surface area contributed by atoms with Gasteiger partial charge in [0, 0.05) is 37.6 Å². The van der Waals surface area contributed by atoms with Crippen molar-refractivity contribution in [3.05, 3.63) is 29.8 Å². The second-order valence-corrected chi connectivity index (χ2v) is 10.2. The Hall–Kier alpha value is -2.70. The molecule has 1 aromatic carbocycles. The van der Waals surface area contributed by atoms with E-state index in [9.17, 15) is 19.2 Å². The van der Waals surface area contributed by atoms with Crippen molar-refractivity contribution in [1.29, 1.82) is 0 Å². The highest BCUT2D eigenvalue weighted by Crippen LogP contribution is 2.57. The molecule has 2 aliphatic carbocycles. The standard InChI is InChI=1S/C26H33NO6/c1-25-14-20(28)24-18(19(25)9-10-21(25)29)8-11-23(31)33-26(24,2)13-12-22(30)27-15-16-4-6-17(32-3)7-5-16/h4-7,18-19,24H,8-15H2,1-3H3,(H,27,30)/t18-,19-,24+,25-,26+/m0/s1. The van der Waals surface area contributed by atoms with Gasteiger partial charge in [0.1, 0.15) is 22.9 Å². The summed E-state index contributed by atoms with van der Waals surface area (Å²) in [4.78, 5) is 51.0. The lowest BCUT2D eigenvalue weighted by atomic mass is 9.55. The molecule has 3 aliphatic rings. The van der Waals surface area contributed by atoms with Crippen LogP contribution in [0.25, 0.3) is 0 Å². The van der Waals surface area contributed by atoms with Gasteiger partial charge < -0.3 is 14.8 Å². The van der Waals surface area contributed by atoms with Gasteiger partial charge >= 0.3 is 5.97 Å². The minimum Gasteiger partial charge on any atom is -0.497 e. The maximum Gasteiger partial charge on any atom is 0.306 e. The van der Waals surface area contributed by atoms with Crippen molar-refractivity contribution in [3.63, 3.8) is 0 Å². The lowest BCUT2D eigenvalue weighted by Gasteiger charge is -2.48. The number of esters is 1. The number of carbonyl (C=O) groups is 4. The van der Waals surface area contributed by atoms with Crippen LogP contribution in [0.3, 0.4) is 0 Å². The predicted octanol–water partition coefficient (Wildman–Crippen LogP) is 3.38. The van der Waals surface area contributed by atoms with E-state index in [2.05, 4.69) is 5.32 Å². The molecule has 3 fully saturated rings. The van der Waals surface area contributed by atoms with Crippen molar-refractivity contribution in [2.24, 2.45) is 23.2 Å². The van der Waals surface area contributed by atoms with Gasteiger partial charge in [0.25, 0.3) is 0 Å². The van der Waals surface area contributed by atoms with Crippen molar-refractivity contribution in [3.8, 4) is 5.75 Å². The van der Waals surface area contributed by atoms with E-state index in [1.165, 1.54) is 0 Å². The highest BCUT2D eigenvalue weighted by Gasteiger charge is 2.61. The Kier molecular flexibility index (Phi) is 6.34. The van der Waals surface area contributed by atoms with E-state index in [4.69, 9.17) is 9.47 Å². The highest BCUT2D eigenvalue weighted by molar-refractivity contribution is 5.95. The van der Waals surface area contributed by atoms with Crippen LogP contribution >= 0.6 is 0 Å². The average molecular weight is 456 g/mol. The molecule has 7 nitrogen and oxygen atoms in total. The molecule has 33 heavy (non-hydrogen) atoms. The summed E-state index contributed by atoms with van der Waals surface area (Å²) in [6, 6.07) is 7.45. The van der Waals surface area contributed by atoms with E-state index in [-0.39, 0.29) is 61.0 Å². The zero-order chi connectivity index (χ0) is 23.8. The van der Waals surface area contributed by atoms with Crippen LogP contribution in [0.4, 0.5) is 0 Å². The molecule has 1 aromatic rings. The summed E-state index contributed by atoms with van der Waals surface area (Å²) in [6.07, 6.45) is 2.69. The van der Waals surface area contributed by atoms with Gasteiger partial charge in [-0.05, 0) is 55.7 Å². The van der Waals surface area contributed by atoms with Crippen LogP contribution in [0.1, 0.15) is 64.4 Å². The molecule has 0 radical (unpaired) electrons. The van der Waals surface area contributed by atoms with Crippen LogP contribution in [-0.4, -0.2) is 36.2 Å². The maximum absolute atomic E-state index is 13.4. The van der Waals surface area contributed by atoms with Crippen molar-refractivity contribution < 1.29 is 28.7 Å². The van der Waals surface area contributed by atoms with Gasteiger partial charge in [-0.2, -0.15) is 0 Å². The van der Waals surface area contributed by atoms with Crippen molar-refractivity contribution in [1.82, 2.24) is 5.32 Å². The largest absolute Gasteiger partial charge is 0.497 e. The van der Waals surface area contributed by atoms with Crippen LogP contribution in [-0.2, 0) is 30.5 Å². The number of hydrogen-bond acceptors (Lipinski definition) is 6. The third kappa shape index (κ3) is 4.42. The van der Waals surface area contributed by atoms with Gasteiger partial charge in [-0.15, -0.1) is 0 Å². The van der Waals surface area contributed by atoms with Gasteiger partial charge in [0.2, 0.25) is 5.91 Å². The van der Waals surface area contributed by atoms with E-state index in [0.29, 0.717) is 19.4 Å². The molecule has 0 aromatic heterocycles. The molecule has 0 spiro atoms. The molecule has 1 N–H and O–H groups in total. The van der Waals surface area contributed by atoms with Gasteiger partial charge in [0.15, 0.2) is 0 Å². The molecule has 0 unspecified atom stereocenters. The van der Waals surface area contributed by atoms with E-state index >= 15 is 0 Å². The number of Topliss-reactive ketones (excluding diaryl/α,β-unsaturated/α-hetero) is 2. The Morgan fingerprint density at radius 2 is 1.85 bits per heavy atom. The fraction of sp³-hybridized carbons (Fsp3) is 0.615. The third-order valence-corrected chi connectivity index (χ3v) is 8.15. The van der Waals surface area contributed by atoms with Crippen LogP contribution in [0, 0.1) is 23.2 Å². The number of benzene rings is 1. The summed E-state index contributed by atoms with van der Waals surface area (Å²) >= 11 is 0. The summed E-state index contributed by atoms with van der Waals surface area (Å²) in [5.74, 6) is -0.0353. The maximum atomic E-state index is 13.4. The smallest absolute Gasteiger partial charge is 0.306 e. The number of nitrogens with one attached hydrogen (secondary N) is 1. The SMILES string of the molecule is COc1ccc(CNC(=O)CC[C@@]2(C)OC(=O)CC[C@@H]3[C@@H]2C(=O)C[C@]2(C)C(=O)CC[C@@H]32)cc1. The monoisotopic (exact) mass is 455 g/mol. The lowest BCUT2D eigenvalue weighted by Crippen LogP contribution is -2.54. The first-order valence-electron chi connectivity index (χ1n) is 11.8. The van der Waals surface area contributed by atoms with Gasteiger partial charge in [-0.25, -0.2) is 0 Å². The minimum atomic E-state index is -1.04. The number of amides is 1. The average Bonchev–Trinajstić information content (AvgIpc) is 3.00. The van der Waals surface area contributed by atoms with Crippen LogP contribution < -0.4 is 10.1 Å². The van der Waals surface area contributed by atoms with Gasteiger partial charge in [0.05, 0.1) is 13.0 Å². The lowest BCUT2D eigenvalue weighted by molar-refractivity contribution is -0.172. The summed E-state index contributed by atoms with van der Waals surface area (Å²) < 4.78 is 11.0. The van der Waals surface area contributed by atoms with Crippen LogP contribution in [0.15, 0.2) is 24.3 Å². The second kappa shape index (κ2) is 8.92. The first-order chi connectivity index (χ1) is 15.7. The zero-order valence-electron chi connectivity index (χ0n) is 19.6. The second-order valence-electron chi connectivity index (χ2n) is 10.2. The summed E-state index contributed by atoms with van der Waals surface area (Å²) in [7, 11) is 1.60.